The molecular weight excluding hydrogens is 158 g/mol. The molecule has 0 rings (SSSR count). The van der Waals surface area contributed by atoms with Crippen LogP contribution in [0.4, 0.5) is 0 Å². The minimum Gasteiger partial charge on any atom is -0.306 e. The largest absolute Gasteiger partial charge is 0.306 e. The third kappa shape index (κ3) is 6.09. The van der Waals surface area contributed by atoms with E-state index in [9.17, 15) is 0 Å². The van der Waals surface area contributed by atoms with Gasteiger partial charge >= 0.3 is 0 Å². The van der Waals surface area contributed by atoms with Gasteiger partial charge in [0.1, 0.15) is 0 Å². The molecular formula is C12H27N. The van der Waals surface area contributed by atoms with Crippen molar-refractivity contribution in [1.29, 1.82) is 0 Å². The number of hydrogen-bond donors (Lipinski definition) is 0. The van der Waals surface area contributed by atoms with Crippen LogP contribution in [0.2, 0.25) is 0 Å². The van der Waals surface area contributed by atoms with E-state index in [0.29, 0.717) is 5.41 Å². The molecule has 0 radical (unpaired) electrons. The highest BCUT2D eigenvalue weighted by Gasteiger charge is 2.21. The molecule has 0 aliphatic carbocycles. The Hall–Kier alpha value is -0.0400. The maximum Gasteiger partial charge on any atom is 0.000908 e. The van der Waals surface area contributed by atoms with E-state index in [1.807, 2.05) is 0 Å². The number of hydrogen-bond acceptors (Lipinski definition) is 1. The molecule has 0 aromatic carbocycles. The Kier molecular flexibility index (Phi) is 4.98. The molecule has 0 aromatic heterocycles. The summed E-state index contributed by atoms with van der Waals surface area (Å²) in [6.07, 6.45) is 0. The zero-order chi connectivity index (χ0) is 10.6. The van der Waals surface area contributed by atoms with Crippen LogP contribution in [0.25, 0.3) is 0 Å². The van der Waals surface area contributed by atoms with Gasteiger partial charge in [-0.05, 0) is 24.3 Å². The number of rotatable bonds is 4. The van der Waals surface area contributed by atoms with Crippen LogP contribution in [0.3, 0.4) is 0 Å². The van der Waals surface area contributed by atoms with Crippen LogP contribution in [0, 0.1) is 17.3 Å². The molecule has 0 aliphatic heterocycles. The van der Waals surface area contributed by atoms with Crippen LogP contribution < -0.4 is 0 Å². The first-order valence-corrected chi connectivity index (χ1v) is 5.42. The van der Waals surface area contributed by atoms with Gasteiger partial charge in [0, 0.05) is 13.1 Å². The van der Waals surface area contributed by atoms with Crippen molar-refractivity contribution in [3.05, 3.63) is 0 Å². The minimum atomic E-state index is 0.436. The first kappa shape index (κ1) is 13.0. The second kappa shape index (κ2) is 4.99. The van der Waals surface area contributed by atoms with Crippen molar-refractivity contribution >= 4 is 0 Å². The highest BCUT2D eigenvalue weighted by atomic mass is 15.1. The Labute approximate surface area is 84.5 Å². The van der Waals surface area contributed by atoms with Crippen LogP contribution in [0.5, 0.6) is 0 Å². The van der Waals surface area contributed by atoms with Gasteiger partial charge in [-0.15, -0.1) is 0 Å². The lowest BCUT2D eigenvalue weighted by Gasteiger charge is -2.31. The van der Waals surface area contributed by atoms with Gasteiger partial charge in [-0.1, -0.05) is 41.5 Å². The smallest absolute Gasteiger partial charge is 0.000908 e. The fourth-order valence-corrected chi connectivity index (χ4v) is 1.44. The Morgan fingerprint density at radius 2 is 1.46 bits per heavy atom. The topological polar surface area (TPSA) is 3.24 Å². The SMILES string of the molecule is CC(C)CN(C)CC(C)C(C)(C)C. The Morgan fingerprint density at radius 1 is 1.00 bits per heavy atom. The molecule has 1 unspecified atom stereocenters. The molecule has 0 bridgehead atoms. The normalized spacial score (nSPS) is 15.5. The average Bonchev–Trinajstić information content (AvgIpc) is 1.82. The highest BCUT2D eigenvalue weighted by Crippen LogP contribution is 2.25. The lowest BCUT2D eigenvalue weighted by atomic mass is 9.82. The van der Waals surface area contributed by atoms with Crippen molar-refractivity contribution in [2.45, 2.75) is 41.5 Å². The monoisotopic (exact) mass is 185 g/mol. The molecule has 1 nitrogen and oxygen atoms in total. The first-order valence-electron chi connectivity index (χ1n) is 5.42. The fourth-order valence-electron chi connectivity index (χ4n) is 1.44. The van der Waals surface area contributed by atoms with E-state index < -0.39 is 0 Å². The fraction of sp³-hybridized carbons (Fsp3) is 1.00. The van der Waals surface area contributed by atoms with Crippen LogP contribution in [-0.4, -0.2) is 25.0 Å². The second-order valence-electron chi connectivity index (χ2n) is 5.88. The Morgan fingerprint density at radius 3 is 1.77 bits per heavy atom. The van der Waals surface area contributed by atoms with E-state index >= 15 is 0 Å². The summed E-state index contributed by atoms with van der Waals surface area (Å²) < 4.78 is 0. The summed E-state index contributed by atoms with van der Waals surface area (Å²) in [5, 5.41) is 0. The van der Waals surface area contributed by atoms with Crippen molar-refractivity contribution in [1.82, 2.24) is 4.90 Å². The predicted molar refractivity (Wildman–Crippen MR) is 61.0 cm³/mol. The van der Waals surface area contributed by atoms with Crippen LogP contribution in [-0.2, 0) is 0 Å². The molecule has 0 spiro atoms. The van der Waals surface area contributed by atoms with Crippen molar-refractivity contribution in [3.8, 4) is 0 Å². The zero-order valence-corrected chi connectivity index (χ0v) is 10.5. The molecule has 0 amide bonds. The molecule has 0 aromatic rings. The van der Waals surface area contributed by atoms with Gasteiger partial charge in [0.05, 0.1) is 0 Å². The molecule has 13 heavy (non-hydrogen) atoms. The standard InChI is InChI=1S/C12H27N/c1-10(2)8-13(7)9-11(3)12(4,5)6/h10-11H,8-9H2,1-7H3. The van der Waals surface area contributed by atoms with Gasteiger partial charge in [0.25, 0.3) is 0 Å². The molecule has 0 aliphatic rings. The number of nitrogens with zero attached hydrogens (tertiary/aromatic N) is 1. The van der Waals surface area contributed by atoms with Crippen LogP contribution in [0.1, 0.15) is 41.5 Å². The van der Waals surface area contributed by atoms with Gasteiger partial charge in [0.15, 0.2) is 0 Å². The lowest BCUT2D eigenvalue weighted by molar-refractivity contribution is 0.173. The van der Waals surface area contributed by atoms with Crippen molar-refractivity contribution in [3.63, 3.8) is 0 Å². The third-order valence-electron chi connectivity index (χ3n) is 2.74. The maximum atomic E-state index is 2.45. The summed E-state index contributed by atoms with van der Waals surface area (Å²) in [7, 11) is 2.22. The minimum absolute atomic E-state index is 0.436. The van der Waals surface area contributed by atoms with Crippen LogP contribution >= 0.6 is 0 Å². The van der Waals surface area contributed by atoms with E-state index in [-0.39, 0.29) is 0 Å². The van der Waals surface area contributed by atoms with Crippen molar-refractivity contribution in [2.75, 3.05) is 20.1 Å². The average molecular weight is 185 g/mol. The summed E-state index contributed by atoms with van der Waals surface area (Å²) in [6.45, 7) is 16.3. The Balaban J connectivity index is 3.85. The second-order valence-corrected chi connectivity index (χ2v) is 5.88. The Bertz CT molecular complexity index is 133. The van der Waals surface area contributed by atoms with Gasteiger partial charge in [-0.2, -0.15) is 0 Å². The molecule has 1 heteroatoms. The first-order chi connectivity index (χ1) is 5.73. The van der Waals surface area contributed by atoms with Gasteiger partial charge < -0.3 is 4.90 Å². The zero-order valence-electron chi connectivity index (χ0n) is 10.5. The van der Waals surface area contributed by atoms with E-state index in [0.717, 1.165) is 11.8 Å². The molecule has 0 saturated carbocycles. The predicted octanol–water partition coefficient (Wildman–Crippen LogP) is 3.26. The molecule has 80 valence electrons. The van der Waals surface area contributed by atoms with E-state index in [2.05, 4.69) is 53.5 Å². The summed E-state index contributed by atoms with van der Waals surface area (Å²) in [5.74, 6) is 1.54. The lowest BCUT2D eigenvalue weighted by Crippen LogP contribution is -2.33. The van der Waals surface area contributed by atoms with E-state index in [1.165, 1.54) is 13.1 Å². The van der Waals surface area contributed by atoms with E-state index in [1.54, 1.807) is 0 Å². The summed E-state index contributed by atoms with van der Waals surface area (Å²) in [4.78, 5) is 2.45. The summed E-state index contributed by atoms with van der Waals surface area (Å²) in [5.41, 5.74) is 0.436. The maximum absolute atomic E-state index is 2.45. The van der Waals surface area contributed by atoms with Crippen LogP contribution in [0.15, 0.2) is 0 Å². The van der Waals surface area contributed by atoms with Crippen molar-refractivity contribution in [2.24, 2.45) is 17.3 Å². The molecule has 0 saturated heterocycles. The molecule has 0 heterocycles. The van der Waals surface area contributed by atoms with Gasteiger partial charge in [0.2, 0.25) is 0 Å². The molecule has 0 fully saturated rings. The summed E-state index contributed by atoms with van der Waals surface area (Å²) in [6, 6.07) is 0. The van der Waals surface area contributed by atoms with Gasteiger partial charge in [-0.3, -0.25) is 0 Å². The van der Waals surface area contributed by atoms with E-state index in [4.69, 9.17) is 0 Å². The van der Waals surface area contributed by atoms with Crippen molar-refractivity contribution < 1.29 is 0 Å². The third-order valence-corrected chi connectivity index (χ3v) is 2.74. The highest BCUT2D eigenvalue weighted by molar-refractivity contribution is 4.72. The molecule has 1 atom stereocenters. The van der Waals surface area contributed by atoms with Gasteiger partial charge in [-0.25, -0.2) is 0 Å². The summed E-state index contributed by atoms with van der Waals surface area (Å²) >= 11 is 0. The quantitative estimate of drug-likeness (QED) is 0.650. The molecule has 0 N–H and O–H groups in total.